The van der Waals surface area contributed by atoms with Crippen molar-refractivity contribution < 1.29 is 9.90 Å². The molecule has 0 aromatic rings. The molecule has 0 spiro atoms. The minimum Gasteiger partial charge on any atom is -0.480 e. The van der Waals surface area contributed by atoms with Gasteiger partial charge in [-0.15, -0.1) is 0 Å². The van der Waals surface area contributed by atoms with Gasteiger partial charge in [0.1, 0.15) is 6.04 Å². The van der Waals surface area contributed by atoms with Crippen LogP contribution in [0.3, 0.4) is 0 Å². The zero-order valence-electron chi connectivity index (χ0n) is 10.4. The summed E-state index contributed by atoms with van der Waals surface area (Å²) in [6.07, 6.45) is 1.78. The molecule has 0 saturated carbocycles. The summed E-state index contributed by atoms with van der Waals surface area (Å²) < 4.78 is 0. The number of carboxylic acid groups (broad SMARTS) is 1. The van der Waals surface area contributed by atoms with Gasteiger partial charge in [-0.2, -0.15) is 0 Å². The lowest BCUT2D eigenvalue weighted by molar-refractivity contribution is -0.139. The molecule has 0 amide bonds. The fourth-order valence-corrected chi connectivity index (χ4v) is 1.43. The van der Waals surface area contributed by atoms with Crippen molar-refractivity contribution in [3.8, 4) is 0 Å². The summed E-state index contributed by atoms with van der Waals surface area (Å²) in [6, 6.07) is -0.269. The second-order valence-electron chi connectivity index (χ2n) is 3.68. The van der Waals surface area contributed by atoms with Crippen LogP contribution < -0.4 is 10.6 Å². The van der Waals surface area contributed by atoms with Crippen LogP contribution in [-0.4, -0.2) is 62.7 Å². The summed E-state index contributed by atoms with van der Waals surface area (Å²) >= 11 is 0. The Labute approximate surface area is 96.7 Å². The Morgan fingerprint density at radius 3 is 2.31 bits per heavy atom. The van der Waals surface area contributed by atoms with Crippen molar-refractivity contribution >= 4 is 11.9 Å². The highest BCUT2D eigenvalue weighted by Gasteiger charge is 2.20. The lowest BCUT2D eigenvalue weighted by atomic mass is 10.2. The number of nitrogens with zero attached hydrogens (tertiary/aromatic N) is 2. The van der Waals surface area contributed by atoms with Gasteiger partial charge >= 0.3 is 5.97 Å². The zero-order valence-corrected chi connectivity index (χ0v) is 10.4. The van der Waals surface area contributed by atoms with Gasteiger partial charge in [0, 0.05) is 28.2 Å². The Morgan fingerprint density at radius 1 is 1.56 bits per heavy atom. The van der Waals surface area contributed by atoms with E-state index in [2.05, 4.69) is 15.6 Å². The number of nitrogens with one attached hydrogen (secondary N) is 2. The third-order valence-corrected chi connectivity index (χ3v) is 2.22. The average Bonchev–Trinajstić information content (AvgIpc) is 2.72. The third kappa shape index (κ3) is 5.55. The van der Waals surface area contributed by atoms with Gasteiger partial charge in [0.05, 0.1) is 0 Å². The van der Waals surface area contributed by atoms with Crippen molar-refractivity contribution in [1.29, 1.82) is 0 Å². The minimum atomic E-state index is -0.720. The standard InChI is InChI=1S/C5H13N3.C5H9NO2/c1-6-5(7-2)8(3)4;7-5(8)4-2-1-3-6-4/h1-4H3,(H,6,7);4,6H,1-3H2,(H,7,8)/t;4-/m.0/s1. The van der Waals surface area contributed by atoms with Crippen LogP contribution in [0.1, 0.15) is 12.8 Å². The summed E-state index contributed by atoms with van der Waals surface area (Å²) in [5, 5.41) is 14.1. The molecule has 0 bridgehead atoms. The van der Waals surface area contributed by atoms with Crippen LogP contribution in [0.25, 0.3) is 0 Å². The highest BCUT2D eigenvalue weighted by atomic mass is 16.4. The quantitative estimate of drug-likeness (QED) is 0.421. The molecule has 6 nitrogen and oxygen atoms in total. The van der Waals surface area contributed by atoms with Gasteiger partial charge in [-0.25, -0.2) is 0 Å². The Morgan fingerprint density at radius 2 is 2.19 bits per heavy atom. The summed E-state index contributed by atoms with van der Waals surface area (Å²) in [5.41, 5.74) is 0. The van der Waals surface area contributed by atoms with Crippen molar-refractivity contribution in [3.63, 3.8) is 0 Å². The summed E-state index contributed by atoms with van der Waals surface area (Å²) in [4.78, 5) is 16.0. The van der Waals surface area contributed by atoms with Crippen LogP contribution in [0.15, 0.2) is 4.99 Å². The molecular weight excluding hydrogens is 208 g/mol. The van der Waals surface area contributed by atoms with E-state index in [0.29, 0.717) is 0 Å². The lowest BCUT2D eigenvalue weighted by Gasteiger charge is -2.12. The first-order chi connectivity index (χ1) is 7.52. The number of aliphatic imine (C=N–C) groups is 1. The number of rotatable bonds is 1. The summed E-state index contributed by atoms with van der Waals surface area (Å²) in [5.74, 6) is 0.174. The molecular formula is C10H22N4O2. The van der Waals surface area contributed by atoms with Crippen molar-refractivity contribution in [2.24, 2.45) is 4.99 Å². The van der Waals surface area contributed by atoms with E-state index in [0.717, 1.165) is 25.3 Å². The molecule has 94 valence electrons. The monoisotopic (exact) mass is 230 g/mol. The zero-order chi connectivity index (χ0) is 12.6. The van der Waals surface area contributed by atoms with E-state index in [9.17, 15) is 4.79 Å². The van der Waals surface area contributed by atoms with Crippen LogP contribution in [0, 0.1) is 0 Å². The minimum absolute atomic E-state index is 0.269. The van der Waals surface area contributed by atoms with E-state index in [1.54, 1.807) is 7.05 Å². The fourth-order valence-electron chi connectivity index (χ4n) is 1.43. The van der Waals surface area contributed by atoms with Gasteiger partial charge in [0.15, 0.2) is 5.96 Å². The normalized spacial score (nSPS) is 19.8. The first kappa shape index (κ1) is 14.7. The van der Waals surface area contributed by atoms with Crippen molar-refractivity contribution in [3.05, 3.63) is 0 Å². The maximum atomic E-state index is 10.1. The van der Waals surface area contributed by atoms with Gasteiger partial charge in [-0.1, -0.05) is 0 Å². The van der Waals surface area contributed by atoms with Crippen LogP contribution in [0.4, 0.5) is 0 Å². The van der Waals surface area contributed by atoms with Gasteiger partial charge in [-0.3, -0.25) is 9.79 Å². The smallest absolute Gasteiger partial charge is 0.320 e. The Kier molecular flexibility index (Phi) is 7.28. The second kappa shape index (κ2) is 7.92. The van der Waals surface area contributed by atoms with E-state index < -0.39 is 5.97 Å². The van der Waals surface area contributed by atoms with Crippen LogP contribution >= 0.6 is 0 Å². The van der Waals surface area contributed by atoms with Crippen molar-refractivity contribution in [2.45, 2.75) is 18.9 Å². The number of carboxylic acids is 1. The number of carbonyl (C=O) groups is 1. The predicted molar refractivity (Wildman–Crippen MR) is 64.8 cm³/mol. The Hall–Kier alpha value is -1.30. The topological polar surface area (TPSA) is 77.0 Å². The molecule has 0 aliphatic carbocycles. The van der Waals surface area contributed by atoms with E-state index in [1.165, 1.54) is 0 Å². The van der Waals surface area contributed by atoms with Gasteiger partial charge < -0.3 is 20.6 Å². The first-order valence-electron chi connectivity index (χ1n) is 5.31. The molecule has 16 heavy (non-hydrogen) atoms. The molecule has 1 aliphatic heterocycles. The third-order valence-electron chi connectivity index (χ3n) is 2.22. The van der Waals surface area contributed by atoms with Crippen molar-refractivity contribution in [2.75, 3.05) is 34.7 Å². The molecule has 1 rings (SSSR count). The molecule has 0 unspecified atom stereocenters. The lowest BCUT2D eigenvalue weighted by Crippen LogP contribution is -2.33. The number of aliphatic carboxylic acids is 1. The molecule has 1 atom stereocenters. The second-order valence-corrected chi connectivity index (χ2v) is 3.68. The highest BCUT2D eigenvalue weighted by molar-refractivity contribution is 5.78. The molecule has 1 heterocycles. The SMILES string of the molecule is CN=C(NC)N(C)C.O=C(O)[C@@H]1CCCN1. The van der Waals surface area contributed by atoms with E-state index in [1.807, 2.05) is 26.0 Å². The molecule has 0 radical (unpaired) electrons. The largest absolute Gasteiger partial charge is 0.480 e. The van der Waals surface area contributed by atoms with Gasteiger partial charge in [0.2, 0.25) is 0 Å². The first-order valence-corrected chi connectivity index (χ1v) is 5.31. The van der Waals surface area contributed by atoms with Gasteiger partial charge in [0.25, 0.3) is 0 Å². The Balaban J connectivity index is 0.000000281. The number of hydrogen-bond donors (Lipinski definition) is 3. The number of guanidine groups is 1. The number of hydrogen-bond acceptors (Lipinski definition) is 3. The summed E-state index contributed by atoms with van der Waals surface area (Å²) in [7, 11) is 7.49. The Bertz CT molecular complexity index is 235. The van der Waals surface area contributed by atoms with E-state index in [4.69, 9.17) is 5.11 Å². The molecule has 0 aromatic carbocycles. The predicted octanol–water partition coefficient (Wildman–Crippen LogP) is -0.424. The van der Waals surface area contributed by atoms with Crippen LogP contribution in [0.5, 0.6) is 0 Å². The van der Waals surface area contributed by atoms with E-state index in [-0.39, 0.29) is 6.04 Å². The molecule has 1 aliphatic rings. The molecule has 0 aromatic heterocycles. The van der Waals surface area contributed by atoms with Crippen molar-refractivity contribution in [1.82, 2.24) is 15.5 Å². The van der Waals surface area contributed by atoms with Gasteiger partial charge in [-0.05, 0) is 19.4 Å². The molecule has 1 fully saturated rings. The highest BCUT2D eigenvalue weighted by Crippen LogP contribution is 2.03. The molecule has 3 N–H and O–H groups in total. The maximum absolute atomic E-state index is 10.1. The van der Waals surface area contributed by atoms with Crippen LogP contribution in [-0.2, 0) is 4.79 Å². The fraction of sp³-hybridized carbons (Fsp3) is 0.800. The molecule has 1 saturated heterocycles. The van der Waals surface area contributed by atoms with Crippen LogP contribution in [0.2, 0.25) is 0 Å². The molecule has 6 heteroatoms. The average molecular weight is 230 g/mol. The maximum Gasteiger partial charge on any atom is 0.320 e. The summed E-state index contributed by atoms with van der Waals surface area (Å²) in [6.45, 7) is 0.858. The van der Waals surface area contributed by atoms with E-state index >= 15 is 0 Å².